The van der Waals surface area contributed by atoms with Crippen molar-refractivity contribution in [3.8, 4) is 0 Å². The molecule has 0 radical (unpaired) electrons. The van der Waals surface area contributed by atoms with Gasteiger partial charge in [-0.25, -0.2) is 0 Å². The molecule has 0 aliphatic heterocycles. The Morgan fingerprint density at radius 2 is 2.29 bits per heavy atom. The Morgan fingerprint density at radius 1 is 1.53 bits per heavy atom. The van der Waals surface area contributed by atoms with Crippen molar-refractivity contribution < 1.29 is 5.11 Å². The number of aliphatic hydroxyl groups excluding tert-OH is 1. The molecule has 0 aliphatic rings. The standard InChI is InChI=1S/C12H14ClN3O/c1-16-7-8(6-15-16)4-12(17)10-3-2-9(13)5-11(10)14/h2-3,5-7,12,17H,4,14H2,1H3. The maximum absolute atomic E-state index is 10.1. The number of aliphatic hydroxyl groups is 1. The maximum Gasteiger partial charge on any atom is 0.0851 e. The van der Waals surface area contributed by atoms with Crippen LogP contribution in [0.15, 0.2) is 30.6 Å². The van der Waals surface area contributed by atoms with Crippen LogP contribution in [0.2, 0.25) is 5.02 Å². The lowest BCUT2D eigenvalue weighted by atomic mass is 10.0. The fourth-order valence-corrected chi connectivity index (χ4v) is 1.94. The van der Waals surface area contributed by atoms with Gasteiger partial charge in [-0.3, -0.25) is 4.68 Å². The van der Waals surface area contributed by atoms with Crippen LogP contribution in [0, 0.1) is 0 Å². The molecule has 1 aromatic carbocycles. The van der Waals surface area contributed by atoms with Gasteiger partial charge in [0.15, 0.2) is 0 Å². The van der Waals surface area contributed by atoms with E-state index >= 15 is 0 Å². The molecule has 0 amide bonds. The predicted molar refractivity (Wildman–Crippen MR) is 67.7 cm³/mol. The van der Waals surface area contributed by atoms with E-state index in [1.54, 1.807) is 29.1 Å². The summed E-state index contributed by atoms with van der Waals surface area (Å²) >= 11 is 5.81. The van der Waals surface area contributed by atoms with E-state index in [2.05, 4.69) is 5.10 Å². The van der Waals surface area contributed by atoms with Crippen molar-refractivity contribution in [3.63, 3.8) is 0 Å². The number of nitrogens with zero attached hydrogens (tertiary/aromatic N) is 2. The van der Waals surface area contributed by atoms with Crippen molar-refractivity contribution in [2.45, 2.75) is 12.5 Å². The highest BCUT2D eigenvalue weighted by Gasteiger charge is 2.12. The summed E-state index contributed by atoms with van der Waals surface area (Å²) in [5.41, 5.74) is 7.98. The van der Waals surface area contributed by atoms with Crippen LogP contribution in [0.1, 0.15) is 17.2 Å². The Bertz CT molecular complexity index is 524. The van der Waals surface area contributed by atoms with Crippen molar-refractivity contribution in [2.75, 3.05) is 5.73 Å². The van der Waals surface area contributed by atoms with Gasteiger partial charge in [0.25, 0.3) is 0 Å². The Morgan fingerprint density at radius 3 is 2.88 bits per heavy atom. The van der Waals surface area contributed by atoms with Gasteiger partial charge in [0.1, 0.15) is 0 Å². The summed E-state index contributed by atoms with van der Waals surface area (Å²) in [7, 11) is 1.84. The molecule has 0 spiro atoms. The number of hydrogen-bond donors (Lipinski definition) is 2. The van der Waals surface area contributed by atoms with Crippen LogP contribution in [0.5, 0.6) is 0 Å². The van der Waals surface area contributed by atoms with E-state index in [1.165, 1.54) is 0 Å². The minimum absolute atomic E-state index is 0.486. The second kappa shape index (κ2) is 4.77. The van der Waals surface area contributed by atoms with E-state index in [0.29, 0.717) is 22.7 Å². The molecule has 0 bridgehead atoms. The van der Waals surface area contributed by atoms with E-state index in [0.717, 1.165) is 5.56 Å². The number of hydrogen-bond acceptors (Lipinski definition) is 3. The topological polar surface area (TPSA) is 64.1 Å². The number of aromatic nitrogens is 2. The fraction of sp³-hybridized carbons (Fsp3) is 0.250. The third-order valence-corrected chi connectivity index (χ3v) is 2.83. The molecule has 1 heterocycles. The predicted octanol–water partition coefficient (Wildman–Crippen LogP) is 1.93. The first kappa shape index (κ1) is 12.0. The van der Waals surface area contributed by atoms with E-state index in [9.17, 15) is 5.11 Å². The Kier molecular flexibility index (Phi) is 3.36. The molecule has 1 atom stereocenters. The van der Waals surface area contributed by atoms with Gasteiger partial charge in [-0.15, -0.1) is 0 Å². The highest BCUT2D eigenvalue weighted by atomic mass is 35.5. The normalized spacial score (nSPS) is 12.6. The van der Waals surface area contributed by atoms with E-state index in [4.69, 9.17) is 17.3 Å². The summed E-state index contributed by atoms with van der Waals surface area (Å²) in [6.45, 7) is 0. The Hall–Kier alpha value is -1.52. The van der Waals surface area contributed by atoms with Crippen molar-refractivity contribution in [3.05, 3.63) is 46.7 Å². The smallest absolute Gasteiger partial charge is 0.0851 e. The average Bonchev–Trinajstić information content (AvgIpc) is 2.63. The number of halogens is 1. The number of aryl methyl sites for hydroxylation is 1. The Balaban J connectivity index is 2.17. The summed E-state index contributed by atoms with van der Waals surface area (Å²) in [6, 6.07) is 5.11. The third kappa shape index (κ3) is 2.78. The number of rotatable bonds is 3. The molecular formula is C12H14ClN3O. The molecule has 17 heavy (non-hydrogen) atoms. The summed E-state index contributed by atoms with van der Waals surface area (Å²) in [4.78, 5) is 0. The van der Waals surface area contributed by atoms with Gasteiger partial charge in [0.05, 0.1) is 12.3 Å². The SMILES string of the molecule is Cn1cc(CC(O)c2ccc(Cl)cc2N)cn1. The summed E-state index contributed by atoms with van der Waals surface area (Å²) < 4.78 is 1.70. The number of nitrogens with two attached hydrogens (primary N) is 1. The van der Waals surface area contributed by atoms with Crippen molar-refractivity contribution in [2.24, 2.45) is 7.05 Å². The van der Waals surface area contributed by atoms with Crippen molar-refractivity contribution in [1.29, 1.82) is 0 Å². The van der Waals surface area contributed by atoms with E-state index in [1.807, 2.05) is 13.2 Å². The van der Waals surface area contributed by atoms with Crippen LogP contribution in [0.25, 0.3) is 0 Å². The minimum atomic E-state index is -0.642. The highest BCUT2D eigenvalue weighted by Crippen LogP contribution is 2.26. The van der Waals surface area contributed by atoms with Crippen LogP contribution in [0.3, 0.4) is 0 Å². The molecule has 5 heteroatoms. The third-order valence-electron chi connectivity index (χ3n) is 2.60. The summed E-state index contributed by atoms with van der Waals surface area (Å²) in [6.07, 6.45) is 3.45. The number of anilines is 1. The number of benzene rings is 1. The van der Waals surface area contributed by atoms with E-state index in [-0.39, 0.29) is 0 Å². The number of nitrogen functional groups attached to an aromatic ring is 1. The zero-order valence-corrected chi connectivity index (χ0v) is 10.2. The molecule has 1 aromatic heterocycles. The molecule has 2 aromatic rings. The van der Waals surface area contributed by atoms with Crippen LogP contribution in [-0.2, 0) is 13.5 Å². The molecule has 3 N–H and O–H groups in total. The van der Waals surface area contributed by atoms with Gasteiger partial charge in [0, 0.05) is 35.9 Å². The second-order valence-corrected chi connectivity index (χ2v) is 4.45. The molecular weight excluding hydrogens is 238 g/mol. The molecule has 1 unspecified atom stereocenters. The molecule has 0 saturated carbocycles. The van der Waals surface area contributed by atoms with Crippen LogP contribution >= 0.6 is 11.6 Å². The first-order valence-electron chi connectivity index (χ1n) is 5.27. The van der Waals surface area contributed by atoms with Gasteiger partial charge in [0.2, 0.25) is 0 Å². The van der Waals surface area contributed by atoms with Crippen molar-refractivity contribution in [1.82, 2.24) is 9.78 Å². The quantitative estimate of drug-likeness (QED) is 0.820. The average molecular weight is 252 g/mol. The minimum Gasteiger partial charge on any atom is -0.398 e. The van der Waals surface area contributed by atoms with Gasteiger partial charge in [-0.2, -0.15) is 5.10 Å². The van der Waals surface area contributed by atoms with Gasteiger partial charge in [-0.1, -0.05) is 17.7 Å². The van der Waals surface area contributed by atoms with Crippen LogP contribution in [0.4, 0.5) is 5.69 Å². The lowest BCUT2D eigenvalue weighted by Crippen LogP contribution is -2.04. The van der Waals surface area contributed by atoms with Crippen LogP contribution < -0.4 is 5.73 Å². The van der Waals surface area contributed by atoms with Gasteiger partial charge < -0.3 is 10.8 Å². The maximum atomic E-state index is 10.1. The first-order chi connectivity index (χ1) is 8.06. The monoisotopic (exact) mass is 251 g/mol. The summed E-state index contributed by atoms with van der Waals surface area (Å²) in [5.74, 6) is 0. The largest absolute Gasteiger partial charge is 0.398 e. The zero-order chi connectivity index (χ0) is 12.4. The van der Waals surface area contributed by atoms with Gasteiger partial charge >= 0.3 is 0 Å². The zero-order valence-electron chi connectivity index (χ0n) is 9.47. The van der Waals surface area contributed by atoms with Crippen LogP contribution in [-0.4, -0.2) is 14.9 Å². The summed E-state index contributed by atoms with van der Waals surface area (Å²) in [5, 5.41) is 14.7. The molecule has 2 rings (SSSR count). The van der Waals surface area contributed by atoms with E-state index < -0.39 is 6.10 Å². The molecule has 90 valence electrons. The first-order valence-corrected chi connectivity index (χ1v) is 5.64. The lowest BCUT2D eigenvalue weighted by molar-refractivity contribution is 0.179. The Labute approximate surface area is 105 Å². The van der Waals surface area contributed by atoms with Gasteiger partial charge in [-0.05, 0) is 17.7 Å². The van der Waals surface area contributed by atoms with Crippen molar-refractivity contribution >= 4 is 17.3 Å². The highest BCUT2D eigenvalue weighted by molar-refractivity contribution is 6.30. The molecule has 4 nitrogen and oxygen atoms in total. The molecule has 0 aliphatic carbocycles. The second-order valence-electron chi connectivity index (χ2n) is 4.02. The molecule has 0 fully saturated rings. The fourth-order valence-electron chi connectivity index (χ4n) is 1.76. The molecule has 0 saturated heterocycles. The lowest BCUT2D eigenvalue weighted by Gasteiger charge is -2.12.